The SMILES string of the molecule is c1ccc(N2CCN(c3ccc4cccc(OCc5cccc6ccccc56)c4n3)CC2)cc1. The minimum Gasteiger partial charge on any atom is -0.487 e. The second-order valence-electron chi connectivity index (χ2n) is 8.73. The molecule has 0 spiro atoms. The number of hydrogen-bond donors (Lipinski definition) is 0. The summed E-state index contributed by atoms with van der Waals surface area (Å²) < 4.78 is 6.34. The van der Waals surface area contributed by atoms with Gasteiger partial charge in [0.25, 0.3) is 0 Å². The largest absolute Gasteiger partial charge is 0.487 e. The van der Waals surface area contributed by atoms with Crippen molar-refractivity contribution < 1.29 is 4.74 Å². The van der Waals surface area contributed by atoms with Gasteiger partial charge in [0.2, 0.25) is 0 Å². The fourth-order valence-electron chi connectivity index (χ4n) is 4.81. The number of ether oxygens (including phenoxy) is 1. The number of para-hydroxylation sites is 2. The Hall–Kier alpha value is -4.05. The smallest absolute Gasteiger partial charge is 0.146 e. The van der Waals surface area contributed by atoms with E-state index in [2.05, 4.69) is 101 Å². The molecule has 1 saturated heterocycles. The van der Waals surface area contributed by atoms with Crippen molar-refractivity contribution >= 4 is 33.2 Å². The van der Waals surface area contributed by atoms with Gasteiger partial charge in [-0.15, -0.1) is 0 Å². The molecule has 0 unspecified atom stereocenters. The van der Waals surface area contributed by atoms with E-state index in [4.69, 9.17) is 9.72 Å². The van der Waals surface area contributed by atoms with Crippen molar-refractivity contribution in [2.24, 2.45) is 0 Å². The van der Waals surface area contributed by atoms with Gasteiger partial charge in [-0.1, -0.05) is 72.8 Å². The van der Waals surface area contributed by atoms with Crippen molar-refractivity contribution in [3.8, 4) is 5.75 Å². The van der Waals surface area contributed by atoms with Gasteiger partial charge >= 0.3 is 0 Å². The maximum atomic E-state index is 6.34. The molecule has 0 aliphatic carbocycles. The van der Waals surface area contributed by atoms with E-state index in [0.717, 1.165) is 48.6 Å². The fraction of sp³-hybridized carbons (Fsp3) is 0.167. The van der Waals surface area contributed by atoms with E-state index in [1.54, 1.807) is 0 Å². The lowest BCUT2D eigenvalue weighted by molar-refractivity contribution is 0.311. The molecule has 0 radical (unpaired) electrons. The normalized spacial score (nSPS) is 14.0. The number of rotatable bonds is 5. The first-order valence-electron chi connectivity index (χ1n) is 11.9. The van der Waals surface area contributed by atoms with Gasteiger partial charge in [0.1, 0.15) is 23.7 Å². The van der Waals surface area contributed by atoms with Crippen LogP contribution in [0, 0.1) is 0 Å². The molecule has 4 aromatic carbocycles. The molecule has 1 fully saturated rings. The lowest BCUT2D eigenvalue weighted by Gasteiger charge is -2.36. The van der Waals surface area contributed by atoms with Crippen LogP contribution < -0.4 is 14.5 Å². The minimum absolute atomic E-state index is 0.516. The fourth-order valence-corrected chi connectivity index (χ4v) is 4.81. The average molecular weight is 446 g/mol. The number of pyridine rings is 1. The first kappa shape index (κ1) is 20.5. The standard InChI is InChI=1S/C30H27N3O/c1-2-12-26(13-3-1)32-18-20-33(21-19-32)29-17-16-24-10-7-15-28(30(24)31-29)34-22-25-11-6-9-23-8-4-5-14-27(23)25/h1-17H,18-22H2. The number of aromatic nitrogens is 1. The highest BCUT2D eigenvalue weighted by atomic mass is 16.5. The monoisotopic (exact) mass is 445 g/mol. The topological polar surface area (TPSA) is 28.6 Å². The van der Waals surface area contributed by atoms with Crippen molar-refractivity contribution in [3.05, 3.63) is 109 Å². The summed E-state index contributed by atoms with van der Waals surface area (Å²) in [7, 11) is 0. The predicted molar refractivity (Wildman–Crippen MR) is 141 cm³/mol. The Morgan fingerprint density at radius 2 is 1.32 bits per heavy atom. The maximum Gasteiger partial charge on any atom is 0.146 e. The van der Waals surface area contributed by atoms with Crippen LogP contribution in [0.2, 0.25) is 0 Å². The summed E-state index contributed by atoms with van der Waals surface area (Å²) in [5, 5.41) is 3.56. The highest BCUT2D eigenvalue weighted by Crippen LogP contribution is 2.29. The molecule has 168 valence electrons. The quantitative estimate of drug-likeness (QED) is 0.318. The third-order valence-electron chi connectivity index (χ3n) is 6.66. The number of hydrogen-bond acceptors (Lipinski definition) is 4. The Balaban J connectivity index is 1.22. The predicted octanol–water partition coefficient (Wildman–Crippen LogP) is 6.29. The van der Waals surface area contributed by atoms with Gasteiger partial charge in [-0.2, -0.15) is 0 Å². The molecule has 4 nitrogen and oxygen atoms in total. The van der Waals surface area contributed by atoms with Crippen LogP contribution in [0.4, 0.5) is 11.5 Å². The van der Waals surface area contributed by atoms with E-state index >= 15 is 0 Å². The van der Waals surface area contributed by atoms with Crippen LogP contribution in [-0.4, -0.2) is 31.2 Å². The summed E-state index contributed by atoms with van der Waals surface area (Å²) in [5.41, 5.74) is 3.40. The van der Waals surface area contributed by atoms with Crippen LogP contribution in [0.5, 0.6) is 5.75 Å². The van der Waals surface area contributed by atoms with E-state index in [1.165, 1.54) is 22.0 Å². The molecule has 4 heteroatoms. The molecule has 6 rings (SSSR count). The van der Waals surface area contributed by atoms with Crippen LogP contribution in [0.25, 0.3) is 21.7 Å². The zero-order valence-electron chi connectivity index (χ0n) is 19.1. The van der Waals surface area contributed by atoms with Crippen LogP contribution in [0.15, 0.2) is 103 Å². The molecule has 1 aromatic heterocycles. The molecule has 1 aliphatic rings. The molecular formula is C30H27N3O. The summed E-state index contributed by atoms with van der Waals surface area (Å²) >= 11 is 0. The second-order valence-corrected chi connectivity index (χ2v) is 8.73. The summed E-state index contributed by atoms with van der Waals surface area (Å²) in [6, 6.07) is 35.9. The molecule has 2 heterocycles. The van der Waals surface area contributed by atoms with Crippen LogP contribution in [0.3, 0.4) is 0 Å². The van der Waals surface area contributed by atoms with E-state index < -0.39 is 0 Å². The minimum atomic E-state index is 0.516. The molecule has 0 N–H and O–H groups in total. The van der Waals surface area contributed by atoms with Gasteiger partial charge in [-0.05, 0) is 46.7 Å². The van der Waals surface area contributed by atoms with Gasteiger partial charge < -0.3 is 14.5 Å². The number of piperazine rings is 1. The Kier molecular flexibility index (Phi) is 5.48. The summed E-state index contributed by atoms with van der Waals surface area (Å²) in [4.78, 5) is 9.87. The third-order valence-corrected chi connectivity index (χ3v) is 6.66. The second kappa shape index (κ2) is 9.06. The molecule has 5 aromatic rings. The zero-order chi connectivity index (χ0) is 22.7. The first-order valence-corrected chi connectivity index (χ1v) is 11.9. The van der Waals surface area contributed by atoms with Crippen molar-refractivity contribution in [2.75, 3.05) is 36.0 Å². The van der Waals surface area contributed by atoms with Gasteiger partial charge in [-0.25, -0.2) is 4.98 Å². The Morgan fingerprint density at radius 1 is 0.618 bits per heavy atom. The third kappa shape index (κ3) is 4.03. The highest BCUT2D eigenvalue weighted by molar-refractivity contribution is 5.87. The Morgan fingerprint density at radius 3 is 2.21 bits per heavy atom. The van der Waals surface area contributed by atoms with E-state index in [-0.39, 0.29) is 0 Å². The lowest BCUT2D eigenvalue weighted by atomic mass is 10.1. The van der Waals surface area contributed by atoms with Gasteiger partial charge in [0, 0.05) is 37.3 Å². The number of benzene rings is 4. The lowest BCUT2D eigenvalue weighted by Crippen LogP contribution is -2.46. The molecule has 0 bridgehead atoms. The number of anilines is 2. The molecule has 0 saturated carbocycles. The van der Waals surface area contributed by atoms with Crippen molar-refractivity contribution in [2.45, 2.75) is 6.61 Å². The molecule has 0 atom stereocenters. The Labute approximate surface area is 200 Å². The van der Waals surface area contributed by atoms with E-state index in [9.17, 15) is 0 Å². The summed E-state index contributed by atoms with van der Waals surface area (Å²) in [5.74, 6) is 1.84. The van der Waals surface area contributed by atoms with Crippen LogP contribution >= 0.6 is 0 Å². The van der Waals surface area contributed by atoms with Crippen LogP contribution in [-0.2, 0) is 6.61 Å². The number of fused-ring (bicyclic) bond motifs is 2. The summed E-state index contributed by atoms with van der Waals surface area (Å²) in [6.45, 7) is 4.40. The maximum absolute atomic E-state index is 6.34. The highest BCUT2D eigenvalue weighted by Gasteiger charge is 2.19. The zero-order valence-corrected chi connectivity index (χ0v) is 19.1. The summed E-state index contributed by atoms with van der Waals surface area (Å²) in [6.07, 6.45) is 0. The average Bonchev–Trinajstić information content (AvgIpc) is 2.92. The van der Waals surface area contributed by atoms with E-state index in [0.29, 0.717) is 6.61 Å². The van der Waals surface area contributed by atoms with E-state index in [1.807, 2.05) is 12.1 Å². The van der Waals surface area contributed by atoms with Crippen molar-refractivity contribution in [1.82, 2.24) is 4.98 Å². The first-order chi connectivity index (χ1) is 16.8. The Bertz CT molecular complexity index is 1420. The molecular weight excluding hydrogens is 418 g/mol. The van der Waals surface area contributed by atoms with Crippen molar-refractivity contribution in [1.29, 1.82) is 0 Å². The number of nitrogens with zero attached hydrogens (tertiary/aromatic N) is 3. The van der Waals surface area contributed by atoms with Crippen LogP contribution in [0.1, 0.15) is 5.56 Å². The van der Waals surface area contributed by atoms with Gasteiger partial charge in [0.15, 0.2) is 0 Å². The molecule has 34 heavy (non-hydrogen) atoms. The van der Waals surface area contributed by atoms with Crippen molar-refractivity contribution in [3.63, 3.8) is 0 Å². The van der Waals surface area contributed by atoms with Gasteiger partial charge in [-0.3, -0.25) is 0 Å². The molecule has 1 aliphatic heterocycles. The van der Waals surface area contributed by atoms with Gasteiger partial charge in [0.05, 0.1) is 0 Å². The molecule has 0 amide bonds.